The second-order valence-corrected chi connectivity index (χ2v) is 7.16. The van der Waals surface area contributed by atoms with Gasteiger partial charge < -0.3 is 10.0 Å². The van der Waals surface area contributed by atoms with Crippen molar-refractivity contribution in [2.45, 2.75) is 19.6 Å². The Bertz CT molecular complexity index is 570. The highest BCUT2D eigenvalue weighted by Gasteiger charge is 2.13. The molecule has 0 radical (unpaired) electrons. The maximum atomic E-state index is 9.88. The smallest absolute Gasteiger partial charge is 0.0931 e. The van der Waals surface area contributed by atoms with Gasteiger partial charge in [0.25, 0.3) is 0 Å². The summed E-state index contributed by atoms with van der Waals surface area (Å²) in [6.45, 7) is 2.56. The van der Waals surface area contributed by atoms with E-state index in [1.807, 2.05) is 37.4 Å². The van der Waals surface area contributed by atoms with Gasteiger partial charge in [-0.05, 0) is 37.3 Å². The van der Waals surface area contributed by atoms with E-state index in [0.717, 1.165) is 26.6 Å². The molecule has 1 atom stereocenters. The minimum atomic E-state index is -0.498. The number of rotatable bonds is 4. The molecule has 0 bridgehead atoms. The SMILES string of the molecule is CC(O)c1cc(Br)ccc1N(C)Cc1ccc(Cl)s1. The Morgan fingerprint density at radius 3 is 2.68 bits per heavy atom. The molecule has 19 heavy (non-hydrogen) atoms. The lowest BCUT2D eigenvalue weighted by Crippen LogP contribution is -2.18. The summed E-state index contributed by atoms with van der Waals surface area (Å²) in [5.41, 5.74) is 1.95. The Hall–Kier alpha value is -0.550. The second kappa shape index (κ2) is 6.27. The summed E-state index contributed by atoms with van der Waals surface area (Å²) in [5, 5.41) is 9.88. The number of aliphatic hydroxyl groups is 1. The topological polar surface area (TPSA) is 23.5 Å². The number of hydrogen-bond donors (Lipinski definition) is 1. The minimum absolute atomic E-state index is 0.498. The first-order valence-corrected chi connectivity index (χ1v) is 7.89. The van der Waals surface area contributed by atoms with E-state index in [0.29, 0.717) is 0 Å². The molecule has 1 unspecified atom stereocenters. The molecule has 0 aliphatic carbocycles. The molecule has 2 aromatic rings. The standard InChI is InChI=1S/C14H15BrClNOS/c1-9(18)12-7-10(15)3-5-13(12)17(2)8-11-4-6-14(16)19-11/h3-7,9,18H,8H2,1-2H3. The molecule has 0 amide bonds. The molecule has 0 spiro atoms. The minimum Gasteiger partial charge on any atom is -0.389 e. The first kappa shape index (κ1) is 14.9. The van der Waals surface area contributed by atoms with Crippen LogP contribution in [-0.4, -0.2) is 12.2 Å². The molecule has 0 saturated heterocycles. The van der Waals surface area contributed by atoms with Crippen LogP contribution in [0.2, 0.25) is 4.34 Å². The van der Waals surface area contributed by atoms with Crippen LogP contribution in [0, 0.1) is 0 Å². The van der Waals surface area contributed by atoms with E-state index in [4.69, 9.17) is 11.6 Å². The van der Waals surface area contributed by atoms with Crippen molar-refractivity contribution < 1.29 is 5.11 Å². The Labute approximate surface area is 130 Å². The van der Waals surface area contributed by atoms with Crippen molar-refractivity contribution >= 4 is 44.6 Å². The number of anilines is 1. The van der Waals surface area contributed by atoms with Gasteiger partial charge in [0.15, 0.2) is 0 Å². The highest BCUT2D eigenvalue weighted by Crippen LogP contribution is 2.31. The average Bonchev–Trinajstić information content (AvgIpc) is 2.74. The Balaban J connectivity index is 2.25. The zero-order valence-electron chi connectivity index (χ0n) is 10.7. The van der Waals surface area contributed by atoms with E-state index >= 15 is 0 Å². The average molecular weight is 361 g/mol. The van der Waals surface area contributed by atoms with Gasteiger partial charge in [-0.15, -0.1) is 11.3 Å². The molecule has 1 aromatic carbocycles. The Morgan fingerprint density at radius 2 is 2.11 bits per heavy atom. The summed E-state index contributed by atoms with van der Waals surface area (Å²) < 4.78 is 1.77. The molecule has 102 valence electrons. The van der Waals surface area contributed by atoms with Gasteiger partial charge >= 0.3 is 0 Å². The van der Waals surface area contributed by atoms with Crippen molar-refractivity contribution in [1.29, 1.82) is 0 Å². The molecule has 0 saturated carbocycles. The van der Waals surface area contributed by atoms with Crippen molar-refractivity contribution in [2.24, 2.45) is 0 Å². The zero-order valence-corrected chi connectivity index (χ0v) is 13.9. The van der Waals surface area contributed by atoms with E-state index in [1.54, 1.807) is 18.3 Å². The fourth-order valence-electron chi connectivity index (χ4n) is 1.96. The van der Waals surface area contributed by atoms with Gasteiger partial charge in [0.2, 0.25) is 0 Å². The first-order chi connectivity index (χ1) is 8.97. The highest BCUT2D eigenvalue weighted by molar-refractivity contribution is 9.10. The van der Waals surface area contributed by atoms with Crippen LogP contribution >= 0.6 is 38.9 Å². The third-order valence-electron chi connectivity index (χ3n) is 2.87. The monoisotopic (exact) mass is 359 g/mol. The normalized spacial score (nSPS) is 12.5. The maximum Gasteiger partial charge on any atom is 0.0931 e. The molecule has 0 fully saturated rings. The number of nitrogens with zero attached hydrogens (tertiary/aromatic N) is 1. The Morgan fingerprint density at radius 1 is 1.37 bits per heavy atom. The second-order valence-electron chi connectivity index (χ2n) is 4.44. The summed E-state index contributed by atoms with van der Waals surface area (Å²) in [7, 11) is 2.02. The number of halogens is 2. The maximum absolute atomic E-state index is 9.88. The molecule has 1 heterocycles. The van der Waals surface area contributed by atoms with Crippen molar-refractivity contribution in [3.63, 3.8) is 0 Å². The van der Waals surface area contributed by atoms with E-state index in [-0.39, 0.29) is 0 Å². The van der Waals surface area contributed by atoms with Gasteiger partial charge in [-0.1, -0.05) is 27.5 Å². The fourth-order valence-corrected chi connectivity index (χ4v) is 3.48. The quantitative estimate of drug-likeness (QED) is 0.842. The number of thiophene rings is 1. The molecule has 2 rings (SSSR count). The fraction of sp³-hybridized carbons (Fsp3) is 0.286. The van der Waals surface area contributed by atoms with Gasteiger partial charge in [0, 0.05) is 27.6 Å². The largest absolute Gasteiger partial charge is 0.389 e. The molecule has 1 aromatic heterocycles. The van der Waals surface area contributed by atoms with Gasteiger partial charge in [-0.25, -0.2) is 0 Å². The molecular formula is C14H15BrClNOS. The lowest BCUT2D eigenvalue weighted by atomic mass is 10.1. The first-order valence-electron chi connectivity index (χ1n) is 5.90. The summed E-state index contributed by atoms with van der Waals surface area (Å²) in [6.07, 6.45) is -0.498. The summed E-state index contributed by atoms with van der Waals surface area (Å²) in [4.78, 5) is 3.32. The van der Waals surface area contributed by atoms with Gasteiger partial charge in [-0.3, -0.25) is 0 Å². The number of aliphatic hydroxyl groups excluding tert-OH is 1. The van der Waals surface area contributed by atoms with Crippen LogP contribution < -0.4 is 4.90 Å². The predicted octanol–water partition coefficient (Wildman–Crippen LogP) is 4.85. The third kappa shape index (κ3) is 3.72. The Kier molecular flexibility index (Phi) is 4.90. The van der Waals surface area contributed by atoms with Gasteiger partial charge in [0.05, 0.1) is 17.0 Å². The highest BCUT2D eigenvalue weighted by atomic mass is 79.9. The van der Waals surface area contributed by atoms with Crippen LogP contribution in [0.3, 0.4) is 0 Å². The molecular weight excluding hydrogens is 346 g/mol. The van der Waals surface area contributed by atoms with Gasteiger partial charge in [-0.2, -0.15) is 0 Å². The lowest BCUT2D eigenvalue weighted by molar-refractivity contribution is 0.199. The summed E-state index contributed by atoms with van der Waals surface area (Å²) in [6, 6.07) is 9.90. The molecule has 0 aliphatic rings. The van der Waals surface area contributed by atoms with E-state index in [2.05, 4.69) is 20.8 Å². The number of hydrogen-bond acceptors (Lipinski definition) is 3. The summed E-state index contributed by atoms with van der Waals surface area (Å²) >= 11 is 11.0. The van der Waals surface area contributed by atoms with Crippen LogP contribution in [0.25, 0.3) is 0 Å². The van der Waals surface area contributed by atoms with Crippen LogP contribution in [0.4, 0.5) is 5.69 Å². The zero-order chi connectivity index (χ0) is 14.0. The van der Waals surface area contributed by atoms with E-state index in [9.17, 15) is 5.11 Å². The lowest BCUT2D eigenvalue weighted by Gasteiger charge is -2.23. The van der Waals surface area contributed by atoms with E-state index < -0.39 is 6.10 Å². The van der Waals surface area contributed by atoms with Crippen LogP contribution in [0.5, 0.6) is 0 Å². The van der Waals surface area contributed by atoms with Crippen molar-refractivity contribution in [3.8, 4) is 0 Å². The van der Waals surface area contributed by atoms with E-state index in [1.165, 1.54) is 4.88 Å². The van der Waals surface area contributed by atoms with Crippen molar-refractivity contribution in [2.75, 3.05) is 11.9 Å². The van der Waals surface area contributed by atoms with Crippen LogP contribution in [0.1, 0.15) is 23.5 Å². The summed E-state index contributed by atoms with van der Waals surface area (Å²) in [5.74, 6) is 0. The molecule has 5 heteroatoms. The predicted molar refractivity (Wildman–Crippen MR) is 86.2 cm³/mol. The van der Waals surface area contributed by atoms with Crippen LogP contribution in [0.15, 0.2) is 34.8 Å². The third-order valence-corrected chi connectivity index (χ3v) is 4.58. The molecule has 2 nitrogen and oxygen atoms in total. The molecule has 0 aliphatic heterocycles. The van der Waals surface area contributed by atoms with Crippen LogP contribution in [-0.2, 0) is 6.54 Å². The van der Waals surface area contributed by atoms with Crippen molar-refractivity contribution in [1.82, 2.24) is 0 Å². The van der Waals surface area contributed by atoms with Gasteiger partial charge in [0.1, 0.15) is 0 Å². The van der Waals surface area contributed by atoms with Crippen molar-refractivity contribution in [3.05, 3.63) is 49.6 Å². The number of benzene rings is 1. The molecule has 1 N–H and O–H groups in total.